The van der Waals surface area contributed by atoms with Crippen molar-refractivity contribution in [1.29, 1.82) is 0 Å². The van der Waals surface area contributed by atoms with Gasteiger partial charge < -0.3 is 24.3 Å². The molecule has 0 bridgehead atoms. The number of carbonyl (C=O) groups is 2. The van der Waals surface area contributed by atoms with Crippen LogP contribution in [0.2, 0.25) is 0 Å². The summed E-state index contributed by atoms with van der Waals surface area (Å²) in [5, 5.41) is 2.71. The van der Waals surface area contributed by atoms with E-state index in [9.17, 15) is 9.59 Å². The number of para-hydroxylation sites is 1. The molecule has 1 aliphatic rings. The van der Waals surface area contributed by atoms with Gasteiger partial charge in [0.25, 0.3) is 5.91 Å². The van der Waals surface area contributed by atoms with Gasteiger partial charge >= 0.3 is 5.97 Å². The average Bonchev–Trinajstić information content (AvgIpc) is 2.68. The molecule has 0 radical (unpaired) electrons. The lowest BCUT2D eigenvalue weighted by Gasteiger charge is -2.19. The predicted octanol–water partition coefficient (Wildman–Crippen LogP) is 2.58. The van der Waals surface area contributed by atoms with Crippen LogP contribution in [0, 0.1) is 0 Å². The second kappa shape index (κ2) is 8.44. The Morgan fingerprint density at radius 3 is 2.63 bits per heavy atom. The van der Waals surface area contributed by atoms with Crippen LogP contribution in [0.4, 0.5) is 5.69 Å². The average molecular weight is 371 g/mol. The molecule has 2 aromatic carbocycles. The highest BCUT2D eigenvalue weighted by molar-refractivity contribution is 5.95. The first-order chi connectivity index (χ1) is 13.1. The smallest absolute Gasteiger partial charge is 0.311 e. The molecule has 7 heteroatoms. The van der Waals surface area contributed by atoms with E-state index in [2.05, 4.69) is 5.32 Å². The first kappa shape index (κ1) is 18.6. The Kier molecular flexibility index (Phi) is 5.80. The van der Waals surface area contributed by atoms with Crippen molar-refractivity contribution in [1.82, 2.24) is 0 Å². The molecule has 2 aromatic rings. The van der Waals surface area contributed by atoms with Crippen molar-refractivity contribution >= 4 is 17.6 Å². The van der Waals surface area contributed by atoms with E-state index >= 15 is 0 Å². The van der Waals surface area contributed by atoms with Crippen LogP contribution in [0.3, 0.4) is 0 Å². The molecule has 0 fully saturated rings. The SMILES string of the molecule is COc1ccccc1CC(=O)OC(C)C(=O)Nc1ccc2c(c1)OCCO2. The van der Waals surface area contributed by atoms with E-state index in [1.54, 1.807) is 30.3 Å². The van der Waals surface area contributed by atoms with Crippen LogP contribution in [0.5, 0.6) is 17.2 Å². The molecule has 1 amide bonds. The van der Waals surface area contributed by atoms with Gasteiger partial charge in [-0.3, -0.25) is 9.59 Å². The van der Waals surface area contributed by atoms with E-state index in [1.165, 1.54) is 14.0 Å². The Bertz CT molecular complexity index is 835. The van der Waals surface area contributed by atoms with Crippen LogP contribution in [0.1, 0.15) is 12.5 Å². The molecule has 142 valence electrons. The van der Waals surface area contributed by atoms with Gasteiger partial charge in [-0.1, -0.05) is 18.2 Å². The van der Waals surface area contributed by atoms with E-state index in [0.717, 1.165) is 0 Å². The third kappa shape index (κ3) is 4.69. The Hall–Kier alpha value is -3.22. The van der Waals surface area contributed by atoms with E-state index in [0.29, 0.717) is 41.7 Å². The molecule has 0 saturated heterocycles. The predicted molar refractivity (Wildman–Crippen MR) is 98.3 cm³/mol. The molecule has 0 spiro atoms. The topological polar surface area (TPSA) is 83.1 Å². The summed E-state index contributed by atoms with van der Waals surface area (Å²) in [6, 6.07) is 12.3. The van der Waals surface area contributed by atoms with Crippen molar-refractivity contribution in [2.45, 2.75) is 19.4 Å². The van der Waals surface area contributed by atoms with Gasteiger partial charge in [-0.15, -0.1) is 0 Å². The number of hydrogen-bond donors (Lipinski definition) is 1. The largest absolute Gasteiger partial charge is 0.496 e. The Balaban J connectivity index is 1.56. The number of rotatable bonds is 6. The van der Waals surface area contributed by atoms with E-state index in [-0.39, 0.29) is 6.42 Å². The van der Waals surface area contributed by atoms with Gasteiger partial charge in [0.05, 0.1) is 13.5 Å². The zero-order valence-electron chi connectivity index (χ0n) is 15.2. The highest BCUT2D eigenvalue weighted by Gasteiger charge is 2.20. The zero-order valence-corrected chi connectivity index (χ0v) is 15.2. The number of anilines is 1. The monoisotopic (exact) mass is 371 g/mol. The van der Waals surface area contributed by atoms with Gasteiger partial charge in [-0.2, -0.15) is 0 Å². The molecule has 0 aromatic heterocycles. The van der Waals surface area contributed by atoms with Crippen molar-refractivity contribution in [2.24, 2.45) is 0 Å². The number of methoxy groups -OCH3 is 1. The number of nitrogens with one attached hydrogen (secondary N) is 1. The number of carbonyl (C=O) groups excluding carboxylic acids is 2. The van der Waals surface area contributed by atoms with Crippen LogP contribution >= 0.6 is 0 Å². The van der Waals surface area contributed by atoms with Gasteiger partial charge in [0.15, 0.2) is 17.6 Å². The lowest BCUT2D eigenvalue weighted by Crippen LogP contribution is -2.30. The van der Waals surface area contributed by atoms with Crippen LogP contribution in [-0.4, -0.2) is 38.3 Å². The quantitative estimate of drug-likeness (QED) is 0.786. The molecule has 1 aliphatic heterocycles. The second-order valence-corrected chi connectivity index (χ2v) is 5.97. The van der Waals surface area contributed by atoms with Gasteiger partial charge in [0, 0.05) is 17.3 Å². The van der Waals surface area contributed by atoms with Crippen LogP contribution in [0.25, 0.3) is 0 Å². The fraction of sp³-hybridized carbons (Fsp3) is 0.300. The minimum absolute atomic E-state index is 0.0195. The van der Waals surface area contributed by atoms with Gasteiger partial charge in [-0.05, 0) is 25.1 Å². The third-order valence-electron chi connectivity index (χ3n) is 4.01. The summed E-state index contributed by atoms with van der Waals surface area (Å²) in [7, 11) is 1.54. The Morgan fingerprint density at radius 2 is 1.85 bits per heavy atom. The summed E-state index contributed by atoms with van der Waals surface area (Å²) in [4.78, 5) is 24.5. The highest BCUT2D eigenvalue weighted by atomic mass is 16.6. The number of fused-ring (bicyclic) bond motifs is 1. The fourth-order valence-corrected chi connectivity index (χ4v) is 2.66. The molecule has 1 unspecified atom stereocenters. The van der Waals surface area contributed by atoms with Gasteiger partial charge in [0.2, 0.25) is 0 Å². The van der Waals surface area contributed by atoms with Gasteiger partial charge in [-0.25, -0.2) is 0 Å². The van der Waals surface area contributed by atoms with E-state index in [4.69, 9.17) is 18.9 Å². The number of amides is 1. The maximum absolute atomic E-state index is 12.3. The maximum atomic E-state index is 12.3. The van der Waals surface area contributed by atoms with Crippen molar-refractivity contribution in [2.75, 3.05) is 25.6 Å². The van der Waals surface area contributed by atoms with Crippen LogP contribution < -0.4 is 19.5 Å². The summed E-state index contributed by atoms with van der Waals surface area (Å²) in [5.74, 6) is 0.864. The lowest BCUT2D eigenvalue weighted by atomic mass is 10.1. The number of ether oxygens (including phenoxy) is 4. The molecular formula is C20H21NO6. The standard InChI is InChI=1S/C20H21NO6/c1-13(27-19(22)11-14-5-3-4-6-16(14)24-2)20(23)21-15-7-8-17-18(12-15)26-10-9-25-17/h3-8,12-13H,9-11H2,1-2H3,(H,21,23). The minimum Gasteiger partial charge on any atom is -0.496 e. The normalized spacial score (nSPS) is 13.4. The summed E-state index contributed by atoms with van der Waals surface area (Å²) >= 11 is 0. The summed E-state index contributed by atoms with van der Waals surface area (Å²) in [5.41, 5.74) is 1.24. The molecule has 27 heavy (non-hydrogen) atoms. The Labute approximate surface area is 157 Å². The number of hydrogen-bond acceptors (Lipinski definition) is 6. The minimum atomic E-state index is -0.944. The van der Waals surface area contributed by atoms with Gasteiger partial charge in [0.1, 0.15) is 19.0 Å². The molecule has 1 N–H and O–H groups in total. The molecule has 1 heterocycles. The van der Waals surface area contributed by atoms with Crippen LogP contribution in [0.15, 0.2) is 42.5 Å². The van der Waals surface area contributed by atoms with Crippen molar-refractivity contribution in [3.8, 4) is 17.2 Å². The van der Waals surface area contributed by atoms with E-state index in [1.807, 2.05) is 12.1 Å². The highest BCUT2D eigenvalue weighted by Crippen LogP contribution is 2.32. The molecule has 1 atom stereocenters. The third-order valence-corrected chi connectivity index (χ3v) is 4.01. The number of esters is 1. The summed E-state index contributed by atoms with van der Waals surface area (Å²) in [6.45, 7) is 2.48. The molecular weight excluding hydrogens is 350 g/mol. The molecule has 0 aliphatic carbocycles. The summed E-state index contributed by atoms with van der Waals surface area (Å²) in [6.07, 6.45) is -0.925. The lowest BCUT2D eigenvalue weighted by molar-refractivity contribution is -0.152. The van der Waals surface area contributed by atoms with Crippen molar-refractivity contribution < 1.29 is 28.5 Å². The zero-order chi connectivity index (χ0) is 19.2. The van der Waals surface area contributed by atoms with Crippen molar-refractivity contribution in [3.63, 3.8) is 0 Å². The first-order valence-corrected chi connectivity index (χ1v) is 8.58. The Morgan fingerprint density at radius 1 is 1.11 bits per heavy atom. The van der Waals surface area contributed by atoms with E-state index < -0.39 is 18.0 Å². The van der Waals surface area contributed by atoms with Crippen LogP contribution in [-0.2, 0) is 20.7 Å². The maximum Gasteiger partial charge on any atom is 0.311 e. The molecule has 0 saturated carbocycles. The molecule has 3 rings (SSSR count). The second-order valence-electron chi connectivity index (χ2n) is 5.97. The summed E-state index contributed by atoms with van der Waals surface area (Å²) < 4.78 is 21.4. The fourth-order valence-electron chi connectivity index (χ4n) is 2.66. The number of benzene rings is 2. The first-order valence-electron chi connectivity index (χ1n) is 8.58. The van der Waals surface area contributed by atoms with Crippen molar-refractivity contribution in [3.05, 3.63) is 48.0 Å². The molecule has 7 nitrogen and oxygen atoms in total.